The first kappa shape index (κ1) is 36.1. The number of nitrogens with zero attached hydrogens (tertiary/aromatic N) is 1. The molecule has 0 spiro atoms. The first-order valence-electron chi connectivity index (χ1n) is 8.69. The third-order valence-electron chi connectivity index (χ3n) is 4.91. The van der Waals surface area contributed by atoms with Crippen LogP contribution in [-0.4, -0.2) is 123 Å². The fourth-order valence-corrected chi connectivity index (χ4v) is 3.38. The molecule has 1 aliphatic rings. The van der Waals surface area contributed by atoms with Gasteiger partial charge in [-0.15, -0.1) is 4.90 Å². The third kappa shape index (κ3) is 4.84. The van der Waals surface area contributed by atoms with E-state index in [2.05, 4.69) is 0 Å². The Hall–Kier alpha value is -0.924. The molecule has 1 amide bonds. The van der Waals surface area contributed by atoms with Crippen molar-refractivity contribution in [2.24, 2.45) is 0 Å². The number of carbonyl (C=O) groups excluding carboxylic acids is 1. The van der Waals surface area contributed by atoms with E-state index in [1.807, 2.05) is 0 Å². The normalized spacial score (nSPS) is 23.7. The first-order valence-corrected chi connectivity index (χ1v) is 10.1. The summed E-state index contributed by atoms with van der Waals surface area (Å²) in [7, 11) is -5.06. The summed E-state index contributed by atoms with van der Waals surface area (Å²) >= 11 is 0. The predicted octanol–water partition coefficient (Wildman–Crippen LogP) is 4.76. The average Bonchev–Trinajstić information content (AvgIpc) is 2.69. The molecule has 1 atom stereocenters. The van der Waals surface area contributed by atoms with E-state index in [1.54, 1.807) is 0 Å². The Balaban J connectivity index is 0.00000760. The van der Waals surface area contributed by atoms with Gasteiger partial charge in [0.1, 0.15) is 0 Å². The van der Waals surface area contributed by atoms with Gasteiger partial charge in [0.15, 0.2) is 0 Å². The molecule has 1 radical (unpaired) electrons. The van der Waals surface area contributed by atoms with Crippen LogP contribution in [0.15, 0.2) is 29.2 Å². The Labute approximate surface area is 246 Å². The minimum atomic E-state index is -8.21. The van der Waals surface area contributed by atoms with Gasteiger partial charge in [0.25, 0.3) is 16.0 Å². The van der Waals surface area contributed by atoms with Gasteiger partial charge in [-0.05, 0) is 24.3 Å². The quantitative estimate of drug-likeness (QED) is 0.207. The summed E-state index contributed by atoms with van der Waals surface area (Å²) in [4.78, 5) is 6.26. The van der Waals surface area contributed by atoms with Gasteiger partial charge < -0.3 is 5.32 Å². The molecule has 24 heteroatoms. The third-order valence-corrected chi connectivity index (χ3v) is 5.78. The van der Waals surface area contributed by atoms with E-state index in [9.17, 15) is 83.5 Å². The number of nitrogens with one attached hydrogen (secondary N) is 1. The molecule has 1 saturated heterocycles. The monoisotopic (exact) mass is 653 g/mol. The maximum atomic E-state index is 14.8. The second-order valence-corrected chi connectivity index (χ2v) is 8.71. The Kier molecular flexibility index (Phi) is 9.10. The maximum Gasteiger partial charge on any atom is 0.439 e. The van der Waals surface area contributed by atoms with Gasteiger partial charge in [0, 0.05) is 57.1 Å². The number of benzene rings is 1. The molecule has 1 aromatic rings. The smallest absolute Gasteiger partial charge is 0.323 e. The Morgan fingerprint density at radius 2 is 1.10 bits per heavy atom. The number of halogens is 16. The molecule has 1 aromatic carbocycles. The molecule has 1 fully saturated rings. The molecular formula is C15H6F16KN2O4S. The average molecular weight is 653 g/mol. The van der Waals surface area contributed by atoms with E-state index in [0.717, 1.165) is 0 Å². The van der Waals surface area contributed by atoms with Crippen LogP contribution in [0.3, 0.4) is 0 Å². The molecule has 1 aliphatic heterocycles. The van der Waals surface area contributed by atoms with Crippen molar-refractivity contribution >= 4 is 73.1 Å². The van der Waals surface area contributed by atoms with E-state index in [0.29, 0.717) is 5.32 Å². The molecule has 2 N–H and O–H groups in total. The van der Waals surface area contributed by atoms with E-state index >= 15 is 0 Å². The number of piperidine rings is 1. The van der Waals surface area contributed by atoms with Crippen molar-refractivity contribution in [3.8, 4) is 0 Å². The Bertz CT molecular complexity index is 1190. The zero-order chi connectivity index (χ0) is 30.3. The first-order chi connectivity index (χ1) is 16.5. The molecule has 219 valence electrons. The van der Waals surface area contributed by atoms with Crippen molar-refractivity contribution < 1.29 is 88.0 Å². The minimum absolute atomic E-state index is 0. The van der Waals surface area contributed by atoms with Crippen molar-refractivity contribution in [3.63, 3.8) is 0 Å². The van der Waals surface area contributed by atoms with Crippen molar-refractivity contribution in [2.75, 3.05) is 5.32 Å². The number of hydrogen-bond acceptors (Lipinski definition) is 4. The SMILES string of the molecule is O=C(Nc1ccc(S(=O)(=O)O)cc1)C(F)(C(F)(F)F)C(F)(F)N1C(F)(F)C(F)(F)C(F)(F)C(F)(F)C1(F)F.[K]. The summed E-state index contributed by atoms with van der Waals surface area (Å²) in [6.07, 6.45) is -7.70. The fourth-order valence-electron chi connectivity index (χ4n) is 2.90. The van der Waals surface area contributed by atoms with Gasteiger partial charge in [0.05, 0.1) is 4.90 Å². The van der Waals surface area contributed by atoms with Crippen LogP contribution >= 0.6 is 0 Å². The summed E-state index contributed by atoms with van der Waals surface area (Å²) in [5, 5.41) is 0.495. The zero-order valence-electron chi connectivity index (χ0n) is 17.9. The molecule has 39 heavy (non-hydrogen) atoms. The number of likely N-dealkylation sites (tertiary alicyclic amines) is 1. The number of anilines is 1. The minimum Gasteiger partial charge on any atom is -0.323 e. The summed E-state index contributed by atoms with van der Waals surface area (Å²) in [5.41, 5.74) is -8.98. The molecule has 0 saturated carbocycles. The molecule has 0 aromatic heterocycles. The molecule has 6 nitrogen and oxygen atoms in total. The van der Waals surface area contributed by atoms with Gasteiger partial charge in [-0.25, -0.2) is 4.39 Å². The Morgan fingerprint density at radius 1 is 0.744 bits per heavy atom. The van der Waals surface area contributed by atoms with Crippen LogP contribution in [-0.2, 0) is 14.9 Å². The molecule has 0 bridgehead atoms. The van der Waals surface area contributed by atoms with E-state index in [-0.39, 0.29) is 75.7 Å². The largest absolute Gasteiger partial charge is 0.439 e. The molecule has 1 heterocycles. The van der Waals surface area contributed by atoms with Crippen LogP contribution < -0.4 is 5.32 Å². The van der Waals surface area contributed by atoms with Crippen molar-refractivity contribution in [3.05, 3.63) is 24.3 Å². The van der Waals surface area contributed by atoms with Crippen molar-refractivity contribution in [1.29, 1.82) is 0 Å². The van der Waals surface area contributed by atoms with E-state index < -0.39 is 79.3 Å². The maximum absolute atomic E-state index is 14.8. The summed E-state index contributed by atoms with van der Waals surface area (Å²) in [6, 6.07) is -23.8. The topological polar surface area (TPSA) is 86.7 Å². The predicted molar refractivity (Wildman–Crippen MR) is 92.1 cm³/mol. The van der Waals surface area contributed by atoms with Crippen LogP contribution in [0.1, 0.15) is 0 Å². The number of alkyl halides is 16. The molecule has 1 unspecified atom stereocenters. The van der Waals surface area contributed by atoms with Crippen LogP contribution in [0.5, 0.6) is 0 Å². The number of amides is 1. The summed E-state index contributed by atoms with van der Waals surface area (Å²) in [5.74, 6) is -28.0. The van der Waals surface area contributed by atoms with Crippen LogP contribution in [0.25, 0.3) is 0 Å². The molecule has 0 aliphatic carbocycles. The van der Waals surface area contributed by atoms with Crippen LogP contribution in [0.2, 0.25) is 0 Å². The molecular weight excluding hydrogens is 647 g/mol. The second-order valence-electron chi connectivity index (χ2n) is 7.29. The van der Waals surface area contributed by atoms with Crippen molar-refractivity contribution in [1.82, 2.24) is 4.90 Å². The van der Waals surface area contributed by atoms with Crippen LogP contribution in [0.4, 0.5) is 75.9 Å². The zero-order valence-corrected chi connectivity index (χ0v) is 21.8. The van der Waals surface area contributed by atoms with E-state index in [1.165, 1.54) is 0 Å². The number of rotatable bonds is 5. The summed E-state index contributed by atoms with van der Waals surface area (Å²) < 4.78 is 250. The van der Waals surface area contributed by atoms with Gasteiger partial charge in [0.2, 0.25) is 0 Å². The van der Waals surface area contributed by atoms with Gasteiger partial charge in [-0.2, -0.15) is 74.3 Å². The van der Waals surface area contributed by atoms with Gasteiger partial charge in [-0.1, -0.05) is 0 Å². The standard InChI is InChI=1S/C15H6F16N2O4S.K/c16-8(12(23,24)25,7(34)32-5-1-3-6(4-2-5)38(35,36)37)13(26,27)33-14(28,29)10(19,20)9(17,18)11(21,22)15(33,30)31;/h1-4H,(H,32,34)(H,35,36,37);. The number of hydrogen-bond donors (Lipinski definition) is 2. The van der Waals surface area contributed by atoms with Crippen molar-refractivity contribution in [2.45, 2.75) is 52.6 Å². The van der Waals surface area contributed by atoms with Gasteiger partial charge >= 0.3 is 47.8 Å². The van der Waals surface area contributed by atoms with Gasteiger partial charge in [-0.3, -0.25) is 9.35 Å². The Morgan fingerprint density at radius 3 is 1.41 bits per heavy atom. The van der Waals surface area contributed by atoms with Crippen LogP contribution in [0, 0.1) is 0 Å². The number of carbonyl (C=O) groups is 1. The molecule has 2 rings (SSSR count). The fraction of sp³-hybridized carbons (Fsp3) is 0.533. The van der Waals surface area contributed by atoms with E-state index in [4.69, 9.17) is 4.55 Å². The summed E-state index contributed by atoms with van der Waals surface area (Å²) in [6.45, 7) is 0. The second kappa shape index (κ2) is 9.83.